The highest BCUT2D eigenvalue weighted by Gasteiger charge is 2.43. The van der Waals surface area contributed by atoms with Crippen LogP contribution in [0.3, 0.4) is 0 Å². The number of pyridine rings is 2. The van der Waals surface area contributed by atoms with Crippen molar-refractivity contribution in [2.45, 2.75) is 44.7 Å². The monoisotopic (exact) mass is 450 g/mol. The largest absolute Gasteiger partial charge is 0.365 e. The molecule has 0 radical (unpaired) electrons. The SMILES string of the molecule is Cc1ccc(C(=O)N2CC3CCC2C(Nc2ccc(C(F)F)cn2)C3)c(-c2ncccn2)n1. The predicted molar refractivity (Wildman–Crippen MR) is 119 cm³/mol. The molecule has 5 heterocycles. The van der Waals surface area contributed by atoms with E-state index in [9.17, 15) is 13.6 Å². The van der Waals surface area contributed by atoms with Crippen LogP contribution in [0.2, 0.25) is 0 Å². The molecule has 0 aromatic carbocycles. The molecule has 9 heteroatoms. The fourth-order valence-electron chi connectivity index (χ4n) is 4.87. The summed E-state index contributed by atoms with van der Waals surface area (Å²) in [5, 5.41) is 3.38. The van der Waals surface area contributed by atoms with E-state index in [0.717, 1.165) is 25.0 Å². The molecule has 3 unspecified atom stereocenters. The van der Waals surface area contributed by atoms with E-state index in [4.69, 9.17) is 0 Å². The van der Waals surface area contributed by atoms with Crippen LogP contribution in [-0.2, 0) is 0 Å². The number of halogens is 2. The predicted octanol–water partition coefficient (Wildman–Crippen LogP) is 4.28. The Balaban J connectivity index is 1.40. The molecule has 1 N–H and O–H groups in total. The summed E-state index contributed by atoms with van der Waals surface area (Å²) in [6, 6.07) is 8.28. The molecule has 3 aliphatic rings. The number of rotatable bonds is 5. The molecular weight excluding hydrogens is 426 g/mol. The second-order valence-corrected chi connectivity index (χ2v) is 8.65. The van der Waals surface area contributed by atoms with Gasteiger partial charge in [-0.15, -0.1) is 0 Å². The molecule has 1 amide bonds. The molecule has 1 aliphatic carbocycles. The number of hydrogen-bond acceptors (Lipinski definition) is 6. The van der Waals surface area contributed by atoms with E-state index in [1.54, 1.807) is 30.6 Å². The maximum Gasteiger partial charge on any atom is 0.265 e. The van der Waals surface area contributed by atoms with Crippen molar-refractivity contribution in [3.8, 4) is 11.5 Å². The Morgan fingerprint density at radius 1 is 1.12 bits per heavy atom. The first-order valence-electron chi connectivity index (χ1n) is 11.1. The lowest BCUT2D eigenvalue weighted by Crippen LogP contribution is -2.59. The topological polar surface area (TPSA) is 83.9 Å². The van der Waals surface area contributed by atoms with E-state index in [2.05, 4.69) is 25.3 Å². The zero-order chi connectivity index (χ0) is 22.9. The fraction of sp³-hybridized carbons (Fsp3) is 0.375. The number of aryl methyl sites for hydroxylation is 1. The molecule has 170 valence electrons. The Morgan fingerprint density at radius 3 is 2.64 bits per heavy atom. The van der Waals surface area contributed by atoms with E-state index in [1.807, 2.05) is 17.9 Å². The number of carbonyl (C=O) groups excluding carboxylic acids is 1. The molecule has 2 aliphatic heterocycles. The number of alkyl halides is 2. The average molecular weight is 450 g/mol. The summed E-state index contributed by atoms with van der Waals surface area (Å²) >= 11 is 0. The molecule has 3 fully saturated rings. The number of fused-ring (bicyclic) bond motifs is 3. The van der Waals surface area contributed by atoms with Crippen LogP contribution in [0.1, 0.15) is 47.3 Å². The normalized spacial score (nSPS) is 21.9. The zero-order valence-corrected chi connectivity index (χ0v) is 18.2. The molecule has 0 spiro atoms. The number of piperidine rings is 2. The summed E-state index contributed by atoms with van der Waals surface area (Å²) in [5.74, 6) is 1.24. The third-order valence-corrected chi connectivity index (χ3v) is 6.45. The van der Waals surface area contributed by atoms with Crippen LogP contribution in [-0.4, -0.2) is 49.4 Å². The molecule has 2 bridgehead atoms. The highest BCUT2D eigenvalue weighted by molar-refractivity contribution is 5.99. The van der Waals surface area contributed by atoms with Gasteiger partial charge in [0.1, 0.15) is 11.5 Å². The molecule has 2 saturated heterocycles. The van der Waals surface area contributed by atoms with Crippen molar-refractivity contribution >= 4 is 11.7 Å². The van der Waals surface area contributed by atoms with Crippen molar-refractivity contribution in [1.82, 2.24) is 24.8 Å². The first kappa shape index (κ1) is 21.4. The van der Waals surface area contributed by atoms with Crippen molar-refractivity contribution in [2.75, 3.05) is 11.9 Å². The molecule has 3 atom stereocenters. The van der Waals surface area contributed by atoms with E-state index < -0.39 is 6.43 Å². The molecule has 7 nitrogen and oxygen atoms in total. The zero-order valence-electron chi connectivity index (χ0n) is 18.2. The van der Waals surface area contributed by atoms with Gasteiger partial charge in [0.25, 0.3) is 12.3 Å². The third-order valence-electron chi connectivity index (χ3n) is 6.45. The van der Waals surface area contributed by atoms with Crippen LogP contribution in [0.25, 0.3) is 11.5 Å². The van der Waals surface area contributed by atoms with Crippen LogP contribution in [0.15, 0.2) is 48.9 Å². The van der Waals surface area contributed by atoms with Crippen molar-refractivity contribution in [3.63, 3.8) is 0 Å². The van der Waals surface area contributed by atoms with E-state index in [0.29, 0.717) is 35.4 Å². The summed E-state index contributed by atoms with van der Waals surface area (Å²) in [5.41, 5.74) is 1.64. The molecule has 1 saturated carbocycles. The quantitative estimate of drug-likeness (QED) is 0.625. The average Bonchev–Trinajstić information content (AvgIpc) is 2.85. The van der Waals surface area contributed by atoms with Gasteiger partial charge in [-0.3, -0.25) is 4.79 Å². The van der Waals surface area contributed by atoms with Gasteiger partial charge in [0, 0.05) is 42.4 Å². The van der Waals surface area contributed by atoms with Crippen molar-refractivity contribution in [2.24, 2.45) is 5.92 Å². The molecule has 3 aromatic rings. The van der Waals surface area contributed by atoms with Gasteiger partial charge in [0.05, 0.1) is 11.6 Å². The minimum atomic E-state index is -2.55. The Kier molecular flexibility index (Phi) is 5.70. The maximum absolute atomic E-state index is 13.7. The number of hydrogen-bond donors (Lipinski definition) is 1. The van der Waals surface area contributed by atoms with E-state index in [1.165, 1.54) is 12.3 Å². The molecule has 6 rings (SSSR count). The van der Waals surface area contributed by atoms with Crippen molar-refractivity contribution in [1.29, 1.82) is 0 Å². The Labute approximate surface area is 190 Å². The summed E-state index contributed by atoms with van der Waals surface area (Å²) in [6.45, 7) is 2.55. The Morgan fingerprint density at radius 2 is 1.94 bits per heavy atom. The minimum absolute atomic E-state index is 0.00110. The molecular formula is C24H24F2N6O. The molecule has 33 heavy (non-hydrogen) atoms. The number of carbonyl (C=O) groups is 1. The summed E-state index contributed by atoms with van der Waals surface area (Å²) in [6.07, 6.45) is 4.77. The number of aromatic nitrogens is 4. The van der Waals surface area contributed by atoms with Gasteiger partial charge in [0.2, 0.25) is 0 Å². The standard InChI is InChI=1S/C24H24F2N6O/c1-14-3-6-17(21(30-14)23-27-9-2-10-28-23)24(33)32-13-15-4-7-19(32)18(11-15)31-20-8-5-16(12-29-20)22(25)26/h2-3,5-6,8-10,12,15,18-19,22H,4,7,11,13H2,1H3,(H,29,31). The molecule has 3 aromatic heterocycles. The van der Waals surface area contributed by atoms with E-state index in [-0.39, 0.29) is 23.6 Å². The van der Waals surface area contributed by atoms with Gasteiger partial charge < -0.3 is 10.2 Å². The second kappa shape index (κ2) is 8.80. The van der Waals surface area contributed by atoms with Crippen LogP contribution < -0.4 is 5.32 Å². The highest BCUT2D eigenvalue weighted by atomic mass is 19.3. The number of anilines is 1. The van der Waals surface area contributed by atoms with Crippen LogP contribution in [0.5, 0.6) is 0 Å². The second-order valence-electron chi connectivity index (χ2n) is 8.65. The lowest BCUT2D eigenvalue weighted by molar-refractivity contribution is 0.0282. The highest BCUT2D eigenvalue weighted by Crippen LogP contribution is 2.38. The summed E-state index contributed by atoms with van der Waals surface area (Å²) < 4.78 is 25.7. The third kappa shape index (κ3) is 4.27. The van der Waals surface area contributed by atoms with Gasteiger partial charge in [-0.2, -0.15) is 0 Å². The van der Waals surface area contributed by atoms with Gasteiger partial charge >= 0.3 is 0 Å². The van der Waals surface area contributed by atoms with Gasteiger partial charge in [-0.25, -0.2) is 28.7 Å². The maximum atomic E-state index is 13.7. The number of nitrogens with zero attached hydrogens (tertiary/aromatic N) is 5. The first-order chi connectivity index (χ1) is 16.0. The fourth-order valence-corrected chi connectivity index (χ4v) is 4.87. The lowest BCUT2D eigenvalue weighted by atomic mass is 9.76. The Hall–Kier alpha value is -3.49. The smallest absolute Gasteiger partial charge is 0.265 e. The minimum Gasteiger partial charge on any atom is -0.365 e. The van der Waals surface area contributed by atoms with Crippen LogP contribution >= 0.6 is 0 Å². The lowest BCUT2D eigenvalue weighted by Gasteiger charge is -2.50. The van der Waals surface area contributed by atoms with Crippen LogP contribution in [0, 0.1) is 12.8 Å². The summed E-state index contributed by atoms with van der Waals surface area (Å²) in [7, 11) is 0. The number of nitrogens with one attached hydrogen (secondary N) is 1. The summed E-state index contributed by atoms with van der Waals surface area (Å²) in [4.78, 5) is 33.0. The Bertz CT molecular complexity index is 1140. The van der Waals surface area contributed by atoms with Gasteiger partial charge in [-0.1, -0.05) is 0 Å². The van der Waals surface area contributed by atoms with Gasteiger partial charge in [0.15, 0.2) is 5.82 Å². The van der Waals surface area contributed by atoms with Gasteiger partial charge in [-0.05, 0) is 62.4 Å². The number of amides is 1. The van der Waals surface area contributed by atoms with Crippen molar-refractivity contribution < 1.29 is 13.6 Å². The van der Waals surface area contributed by atoms with Crippen LogP contribution in [0.4, 0.5) is 14.6 Å². The first-order valence-corrected chi connectivity index (χ1v) is 11.1. The van der Waals surface area contributed by atoms with E-state index >= 15 is 0 Å². The van der Waals surface area contributed by atoms with Crippen molar-refractivity contribution in [3.05, 3.63) is 65.7 Å².